The van der Waals surface area contributed by atoms with E-state index in [1.54, 1.807) is 11.8 Å². The van der Waals surface area contributed by atoms with Crippen LogP contribution in [0.3, 0.4) is 0 Å². The number of hydrogen-bond donors (Lipinski definition) is 1. The van der Waals surface area contributed by atoms with Crippen LogP contribution in [0.15, 0.2) is 4.34 Å². The summed E-state index contributed by atoms with van der Waals surface area (Å²) < 4.78 is 0.955. The second kappa shape index (κ2) is 5.82. The molecule has 1 aliphatic carbocycles. The maximum atomic E-state index is 11.5. The largest absolute Gasteiger partial charge is 0.300 e. The van der Waals surface area contributed by atoms with E-state index < -0.39 is 0 Å². The van der Waals surface area contributed by atoms with Crippen molar-refractivity contribution in [3.05, 3.63) is 0 Å². The first kappa shape index (κ1) is 12.8. The van der Waals surface area contributed by atoms with E-state index in [0.717, 1.165) is 16.0 Å². The quantitative estimate of drug-likeness (QED) is 0.638. The summed E-state index contributed by atoms with van der Waals surface area (Å²) in [4.78, 5) is 11.5. The van der Waals surface area contributed by atoms with Crippen LogP contribution < -0.4 is 5.32 Å². The number of nitrogens with one attached hydrogen (secondary N) is 1. The topological polar surface area (TPSA) is 54.9 Å². The smallest absolute Gasteiger partial charge is 0.226 e. The number of carbonyl (C=O) groups is 1. The summed E-state index contributed by atoms with van der Waals surface area (Å²) in [6, 6.07) is 0. The van der Waals surface area contributed by atoms with Crippen LogP contribution >= 0.6 is 23.1 Å². The molecule has 4 nitrogen and oxygen atoms in total. The monoisotopic (exact) mass is 271 g/mol. The van der Waals surface area contributed by atoms with Gasteiger partial charge in [0.2, 0.25) is 11.0 Å². The Morgan fingerprint density at radius 2 is 2.29 bits per heavy atom. The van der Waals surface area contributed by atoms with Gasteiger partial charge in [-0.05, 0) is 24.7 Å². The fourth-order valence-corrected chi connectivity index (χ4v) is 3.31. The molecule has 1 saturated carbocycles. The lowest BCUT2D eigenvalue weighted by Gasteiger charge is -2.02. The Morgan fingerprint density at radius 3 is 2.94 bits per heavy atom. The molecule has 0 bridgehead atoms. The molecule has 6 heteroatoms. The molecule has 1 fully saturated rings. The van der Waals surface area contributed by atoms with E-state index in [9.17, 15) is 4.79 Å². The summed E-state index contributed by atoms with van der Waals surface area (Å²) >= 11 is 3.21. The molecule has 1 N–H and O–H groups in total. The number of carbonyl (C=O) groups excluding carboxylic acids is 1. The van der Waals surface area contributed by atoms with Gasteiger partial charge in [-0.3, -0.25) is 4.79 Å². The van der Waals surface area contributed by atoms with Crippen molar-refractivity contribution in [1.82, 2.24) is 10.2 Å². The standard InChI is InChI=1S/C11H17N3OS2/c1-7(2)5-9(15)12-10-13-14-11(17-10)16-6-8-3-4-8/h7-8H,3-6H2,1-2H3,(H,12,13,15). The van der Waals surface area contributed by atoms with E-state index in [2.05, 4.69) is 15.5 Å². The highest BCUT2D eigenvalue weighted by Crippen LogP contribution is 2.36. The Labute approximate surface area is 110 Å². The van der Waals surface area contributed by atoms with Crippen molar-refractivity contribution in [2.24, 2.45) is 11.8 Å². The van der Waals surface area contributed by atoms with E-state index in [-0.39, 0.29) is 5.91 Å². The van der Waals surface area contributed by atoms with E-state index in [0.29, 0.717) is 17.5 Å². The second-order valence-electron chi connectivity index (χ2n) is 4.77. The molecule has 94 valence electrons. The molecule has 1 aromatic rings. The molecule has 1 aliphatic rings. The van der Waals surface area contributed by atoms with Gasteiger partial charge < -0.3 is 5.32 Å². The zero-order valence-electron chi connectivity index (χ0n) is 10.1. The average Bonchev–Trinajstić information content (AvgIpc) is 2.96. The van der Waals surface area contributed by atoms with Gasteiger partial charge in [0.15, 0.2) is 4.34 Å². The lowest BCUT2D eigenvalue weighted by molar-refractivity contribution is -0.116. The number of amides is 1. The van der Waals surface area contributed by atoms with Crippen molar-refractivity contribution < 1.29 is 4.79 Å². The predicted octanol–water partition coefficient (Wildman–Crippen LogP) is 3.02. The third-order valence-corrected chi connectivity index (χ3v) is 4.59. The Hall–Kier alpha value is -0.620. The van der Waals surface area contributed by atoms with E-state index in [4.69, 9.17) is 0 Å². The van der Waals surface area contributed by atoms with Crippen molar-refractivity contribution >= 4 is 34.1 Å². The molecule has 0 radical (unpaired) electrons. The van der Waals surface area contributed by atoms with Crippen molar-refractivity contribution in [3.63, 3.8) is 0 Å². The number of rotatable bonds is 6. The second-order valence-corrected chi connectivity index (χ2v) is 7.02. The van der Waals surface area contributed by atoms with Crippen LogP contribution in [0.2, 0.25) is 0 Å². The summed E-state index contributed by atoms with van der Waals surface area (Å²) in [7, 11) is 0. The Bertz CT molecular complexity index is 388. The zero-order chi connectivity index (χ0) is 12.3. The summed E-state index contributed by atoms with van der Waals surface area (Å²) in [5.74, 6) is 2.40. The predicted molar refractivity (Wildman–Crippen MR) is 71.4 cm³/mol. The van der Waals surface area contributed by atoms with Crippen LogP contribution in [0.1, 0.15) is 33.1 Å². The van der Waals surface area contributed by atoms with Crippen molar-refractivity contribution in [1.29, 1.82) is 0 Å². The molecular formula is C11H17N3OS2. The van der Waals surface area contributed by atoms with Crippen molar-refractivity contribution in [2.75, 3.05) is 11.1 Å². The Kier molecular flexibility index (Phi) is 4.39. The first-order chi connectivity index (χ1) is 8.13. The van der Waals surface area contributed by atoms with E-state index >= 15 is 0 Å². The summed E-state index contributed by atoms with van der Waals surface area (Å²) in [5, 5.41) is 11.5. The minimum absolute atomic E-state index is 0.0230. The lowest BCUT2D eigenvalue weighted by Crippen LogP contribution is -2.13. The van der Waals surface area contributed by atoms with Crippen LogP contribution in [0.5, 0.6) is 0 Å². The molecule has 1 heterocycles. The molecule has 2 rings (SSSR count). The summed E-state index contributed by atoms with van der Waals surface area (Å²) in [5.41, 5.74) is 0. The van der Waals surface area contributed by atoms with Crippen LogP contribution in [-0.4, -0.2) is 21.9 Å². The van der Waals surface area contributed by atoms with Crippen LogP contribution in [0, 0.1) is 11.8 Å². The highest BCUT2D eigenvalue weighted by molar-refractivity contribution is 8.01. The van der Waals surface area contributed by atoms with Gasteiger partial charge in [-0.15, -0.1) is 10.2 Å². The molecule has 0 aliphatic heterocycles. The zero-order valence-corrected chi connectivity index (χ0v) is 11.7. The van der Waals surface area contributed by atoms with Gasteiger partial charge in [0.05, 0.1) is 0 Å². The van der Waals surface area contributed by atoms with Gasteiger partial charge in [-0.25, -0.2) is 0 Å². The van der Waals surface area contributed by atoms with Gasteiger partial charge in [0, 0.05) is 12.2 Å². The highest BCUT2D eigenvalue weighted by atomic mass is 32.2. The number of thioether (sulfide) groups is 1. The molecule has 1 amide bonds. The van der Waals surface area contributed by atoms with Crippen LogP contribution in [-0.2, 0) is 4.79 Å². The third-order valence-electron chi connectivity index (χ3n) is 2.39. The minimum Gasteiger partial charge on any atom is -0.300 e. The maximum Gasteiger partial charge on any atom is 0.226 e. The van der Waals surface area contributed by atoms with Gasteiger partial charge in [-0.1, -0.05) is 36.9 Å². The van der Waals surface area contributed by atoms with Crippen LogP contribution in [0.25, 0.3) is 0 Å². The van der Waals surface area contributed by atoms with E-state index in [1.165, 1.54) is 24.2 Å². The minimum atomic E-state index is 0.0230. The molecule has 0 aromatic carbocycles. The number of anilines is 1. The fraction of sp³-hybridized carbons (Fsp3) is 0.727. The lowest BCUT2D eigenvalue weighted by atomic mass is 10.1. The molecule has 0 spiro atoms. The third kappa shape index (κ3) is 4.63. The Morgan fingerprint density at radius 1 is 1.53 bits per heavy atom. The van der Waals surface area contributed by atoms with Gasteiger partial charge >= 0.3 is 0 Å². The van der Waals surface area contributed by atoms with Gasteiger partial charge in [0.1, 0.15) is 0 Å². The first-order valence-corrected chi connectivity index (χ1v) is 7.70. The summed E-state index contributed by atoms with van der Waals surface area (Å²) in [6.45, 7) is 4.05. The van der Waals surface area contributed by atoms with Crippen molar-refractivity contribution in [2.45, 2.75) is 37.4 Å². The highest BCUT2D eigenvalue weighted by Gasteiger charge is 2.22. The molecule has 0 saturated heterocycles. The SMILES string of the molecule is CC(C)CC(=O)Nc1nnc(SCC2CC2)s1. The van der Waals surface area contributed by atoms with Crippen molar-refractivity contribution in [3.8, 4) is 0 Å². The van der Waals surface area contributed by atoms with Gasteiger partial charge in [0.25, 0.3) is 0 Å². The molecule has 0 atom stereocenters. The Balaban J connectivity index is 1.78. The normalized spacial score (nSPS) is 15.2. The van der Waals surface area contributed by atoms with E-state index in [1.807, 2.05) is 13.8 Å². The number of hydrogen-bond acceptors (Lipinski definition) is 5. The molecular weight excluding hydrogens is 254 g/mol. The van der Waals surface area contributed by atoms with Gasteiger partial charge in [-0.2, -0.15) is 0 Å². The number of aromatic nitrogens is 2. The molecule has 17 heavy (non-hydrogen) atoms. The average molecular weight is 271 g/mol. The number of nitrogens with zero attached hydrogens (tertiary/aromatic N) is 2. The maximum absolute atomic E-state index is 11.5. The summed E-state index contributed by atoms with van der Waals surface area (Å²) in [6.07, 6.45) is 3.23. The fourth-order valence-electron chi connectivity index (χ4n) is 1.33. The first-order valence-electron chi connectivity index (χ1n) is 5.89. The molecule has 0 unspecified atom stereocenters. The molecule has 1 aromatic heterocycles. The van der Waals surface area contributed by atoms with Crippen LogP contribution in [0.4, 0.5) is 5.13 Å².